The molecule has 2 fully saturated rings. The zero-order chi connectivity index (χ0) is 16.8. The molecule has 3 aliphatic rings. The number of anilines is 1. The van der Waals surface area contributed by atoms with E-state index >= 15 is 0 Å². The van der Waals surface area contributed by atoms with Gasteiger partial charge in [-0.2, -0.15) is 0 Å². The number of nitrogens with zero attached hydrogens (tertiary/aromatic N) is 2. The van der Waals surface area contributed by atoms with Gasteiger partial charge in [-0.1, -0.05) is 18.2 Å². The molecule has 4 heteroatoms. The summed E-state index contributed by atoms with van der Waals surface area (Å²) in [4.78, 5) is 29.4. The Bertz CT molecular complexity index is 724. The van der Waals surface area contributed by atoms with Gasteiger partial charge in [0.15, 0.2) is 0 Å². The van der Waals surface area contributed by atoms with E-state index < -0.39 is 0 Å². The standard InChI is InChI=1S/C20H24N2O2/c1-13-6-7-18(10-14(13)2)21-12-15(11-19(21)23)20(24)22-16-4-3-5-17(22)9-8-16/h3-4,6-7,10,15-17H,5,8-9,11-12H2,1-2H3/t15-,16+,17+/m1/s1. The van der Waals surface area contributed by atoms with E-state index in [1.54, 1.807) is 4.90 Å². The number of fused-ring (bicyclic) bond motifs is 2. The third kappa shape index (κ3) is 2.45. The monoisotopic (exact) mass is 324 g/mol. The van der Waals surface area contributed by atoms with Crippen molar-refractivity contribution in [2.45, 2.75) is 51.6 Å². The first-order valence-corrected chi connectivity index (χ1v) is 8.91. The van der Waals surface area contributed by atoms with Gasteiger partial charge in [0.25, 0.3) is 0 Å². The topological polar surface area (TPSA) is 40.6 Å². The van der Waals surface area contributed by atoms with Crippen molar-refractivity contribution in [3.63, 3.8) is 0 Å². The summed E-state index contributed by atoms with van der Waals surface area (Å²) < 4.78 is 0. The minimum absolute atomic E-state index is 0.0662. The van der Waals surface area contributed by atoms with Gasteiger partial charge < -0.3 is 9.80 Å². The van der Waals surface area contributed by atoms with Crippen molar-refractivity contribution in [1.82, 2.24) is 4.90 Å². The fraction of sp³-hybridized carbons (Fsp3) is 0.500. The SMILES string of the molecule is Cc1ccc(N2C[C@H](C(=O)N3[C@H]4CC=C[C@H]3CC4)CC2=O)cc1C. The Kier molecular flexibility index (Phi) is 3.70. The van der Waals surface area contributed by atoms with Crippen LogP contribution in [0.5, 0.6) is 0 Å². The Morgan fingerprint density at radius 1 is 1.17 bits per heavy atom. The Labute approximate surface area is 143 Å². The van der Waals surface area contributed by atoms with Gasteiger partial charge in [0.05, 0.1) is 12.0 Å². The van der Waals surface area contributed by atoms with E-state index in [-0.39, 0.29) is 23.8 Å². The molecule has 0 N–H and O–H groups in total. The van der Waals surface area contributed by atoms with E-state index in [2.05, 4.69) is 30.9 Å². The first-order chi connectivity index (χ1) is 11.5. The lowest BCUT2D eigenvalue weighted by molar-refractivity contribution is -0.138. The third-order valence-corrected chi connectivity index (χ3v) is 5.84. The number of hydrogen-bond acceptors (Lipinski definition) is 2. The highest BCUT2D eigenvalue weighted by molar-refractivity contribution is 6.00. The minimum atomic E-state index is -0.200. The predicted molar refractivity (Wildman–Crippen MR) is 93.8 cm³/mol. The van der Waals surface area contributed by atoms with E-state index in [0.29, 0.717) is 19.0 Å². The first-order valence-electron chi connectivity index (χ1n) is 8.91. The van der Waals surface area contributed by atoms with Crippen LogP contribution in [0.15, 0.2) is 30.4 Å². The molecular weight excluding hydrogens is 300 g/mol. The Morgan fingerprint density at radius 3 is 2.75 bits per heavy atom. The van der Waals surface area contributed by atoms with Gasteiger partial charge >= 0.3 is 0 Å². The Morgan fingerprint density at radius 2 is 2.00 bits per heavy atom. The number of amides is 2. The highest BCUT2D eigenvalue weighted by Crippen LogP contribution is 2.35. The van der Waals surface area contributed by atoms with Crippen molar-refractivity contribution in [3.8, 4) is 0 Å². The number of hydrogen-bond donors (Lipinski definition) is 0. The van der Waals surface area contributed by atoms with Crippen molar-refractivity contribution in [1.29, 1.82) is 0 Å². The predicted octanol–water partition coefficient (Wildman–Crippen LogP) is 2.98. The summed E-state index contributed by atoms with van der Waals surface area (Å²) in [5.41, 5.74) is 3.31. The first kappa shape index (κ1) is 15.4. The minimum Gasteiger partial charge on any atom is -0.333 e. The van der Waals surface area contributed by atoms with Crippen molar-refractivity contribution < 1.29 is 9.59 Å². The van der Waals surface area contributed by atoms with Crippen LogP contribution >= 0.6 is 0 Å². The molecule has 0 radical (unpaired) electrons. The van der Waals surface area contributed by atoms with Crippen LogP contribution in [-0.4, -0.2) is 35.3 Å². The van der Waals surface area contributed by atoms with Crippen LogP contribution in [0.3, 0.4) is 0 Å². The lowest BCUT2D eigenvalue weighted by Gasteiger charge is -2.33. The molecule has 0 saturated carbocycles. The quantitative estimate of drug-likeness (QED) is 0.785. The van der Waals surface area contributed by atoms with Crippen molar-refractivity contribution in [2.24, 2.45) is 5.92 Å². The maximum atomic E-state index is 13.0. The van der Waals surface area contributed by atoms with E-state index in [0.717, 1.165) is 24.9 Å². The molecule has 0 aliphatic carbocycles. The number of carbonyl (C=O) groups is 2. The fourth-order valence-electron chi connectivity index (χ4n) is 4.30. The number of carbonyl (C=O) groups excluding carboxylic acids is 2. The van der Waals surface area contributed by atoms with Gasteiger partial charge in [-0.05, 0) is 56.4 Å². The second-order valence-electron chi connectivity index (χ2n) is 7.38. The largest absolute Gasteiger partial charge is 0.333 e. The molecule has 2 amide bonds. The van der Waals surface area contributed by atoms with Crippen molar-refractivity contribution in [2.75, 3.05) is 11.4 Å². The molecule has 3 atom stereocenters. The lowest BCUT2D eigenvalue weighted by Crippen LogP contribution is -2.45. The molecule has 2 bridgehead atoms. The Hall–Kier alpha value is -2.10. The summed E-state index contributed by atoms with van der Waals surface area (Å²) in [6, 6.07) is 6.68. The molecule has 3 aliphatic heterocycles. The summed E-state index contributed by atoms with van der Waals surface area (Å²) in [5.74, 6) is 0.0387. The van der Waals surface area contributed by atoms with Gasteiger partial charge in [0, 0.05) is 24.7 Å². The van der Waals surface area contributed by atoms with Crippen LogP contribution in [0.2, 0.25) is 0 Å². The second-order valence-corrected chi connectivity index (χ2v) is 7.38. The average molecular weight is 324 g/mol. The van der Waals surface area contributed by atoms with Crippen LogP contribution in [-0.2, 0) is 9.59 Å². The second kappa shape index (κ2) is 5.76. The molecule has 126 valence electrons. The van der Waals surface area contributed by atoms with Crippen molar-refractivity contribution >= 4 is 17.5 Å². The average Bonchev–Trinajstić information content (AvgIpc) is 3.07. The van der Waals surface area contributed by atoms with E-state index in [4.69, 9.17) is 0 Å². The van der Waals surface area contributed by atoms with E-state index in [1.165, 1.54) is 11.1 Å². The molecule has 4 rings (SSSR count). The summed E-state index contributed by atoms with van der Waals surface area (Å²) in [6.45, 7) is 4.64. The van der Waals surface area contributed by atoms with Crippen molar-refractivity contribution in [3.05, 3.63) is 41.5 Å². The number of rotatable bonds is 2. The number of aryl methyl sites for hydroxylation is 2. The molecule has 0 aromatic heterocycles. The van der Waals surface area contributed by atoms with E-state index in [9.17, 15) is 9.59 Å². The van der Waals surface area contributed by atoms with Crippen LogP contribution in [0, 0.1) is 19.8 Å². The van der Waals surface area contributed by atoms with Gasteiger partial charge in [0.2, 0.25) is 11.8 Å². The zero-order valence-electron chi connectivity index (χ0n) is 14.4. The molecule has 1 aromatic carbocycles. The summed E-state index contributed by atoms with van der Waals surface area (Å²) in [6.07, 6.45) is 7.82. The van der Waals surface area contributed by atoms with Gasteiger partial charge in [0.1, 0.15) is 0 Å². The molecule has 0 unspecified atom stereocenters. The highest BCUT2D eigenvalue weighted by Gasteiger charge is 2.43. The Balaban J connectivity index is 1.52. The summed E-state index contributed by atoms with van der Waals surface area (Å²) in [7, 11) is 0. The maximum absolute atomic E-state index is 13.0. The highest BCUT2D eigenvalue weighted by atomic mass is 16.2. The molecule has 2 saturated heterocycles. The normalized spacial score (nSPS) is 28.8. The van der Waals surface area contributed by atoms with Crippen LogP contribution < -0.4 is 4.90 Å². The zero-order valence-corrected chi connectivity index (χ0v) is 14.4. The summed E-state index contributed by atoms with van der Waals surface area (Å²) in [5, 5.41) is 0. The lowest BCUT2D eigenvalue weighted by atomic mass is 10.0. The van der Waals surface area contributed by atoms with Crippen LogP contribution in [0.4, 0.5) is 5.69 Å². The molecular formula is C20H24N2O2. The van der Waals surface area contributed by atoms with Gasteiger partial charge in [-0.15, -0.1) is 0 Å². The fourth-order valence-corrected chi connectivity index (χ4v) is 4.30. The number of benzene rings is 1. The molecule has 4 nitrogen and oxygen atoms in total. The molecule has 1 aromatic rings. The van der Waals surface area contributed by atoms with Crippen LogP contribution in [0.25, 0.3) is 0 Å². The molecule has 0 spiro atoms. The van der Waals surface area contributed by atoms with Gasteiger partial charge in [-0.3, -0.25) is 9.59 Å². The van der Waals surface area contributed by atoms with Gasteiger partial charge in [-0.25, -0.2) is 0 Å². The van der Waals surface area contributed by atoms with E-state index in [1.807, 2.05) is 18.2 Å². The summed E-state index contributed by atoms with van der Waals surface area (Å²) >= 11 is 0. The van der Waals surface area contributed by atoms with Crippen LogP contribution in [0.1, 0.15) is 36.8 Å². The molecule has 24 heavy (non-hydrogen) atoms. The molecule has 3 heterocycles. The smallest absolute Gasteiger partial charge is 0.228 e. The maximum Gasteiger partial charge on any atom is 0.228 e. The third-order valence-electron chi connectivity index (χ3n) is 5.84.